The second-order valence-electron chi connectivity index (χ2n) is 10.00. The molecule has 0 unspecified atom stereocenters. The fourth-order valence-corrected chi connectivity index (χ4v) is 5.89. The van der Waals surface area contributed by atoms with Gasteiger partial charge in [0.15, 0.2) is 0 Å². The number of pyridine rings is 1. The molecule has 7 rings (SSSR count). The van der Waals surface area contributed by atoms with Gasteiger partial charge in [0, 0.05) is 48.6 Å². The van der Waals surface area contributed by atoms with Crippen molar-refractivity contribution in [1.29, 1.82) is 0 Å². The van der Waals surface area contributed by atoms with Gasteiger partial charge >= 0.3 is 0 Å². The van der Waals surface area contributed by atoms with Gasteiger partial charge in [-0.15, -0.1) is 0 Å². The van der Waals surface area contributed by atoms with Gasteiger partial charge in [0.2, 0.25) is 5.91 Å². The third-order valence-corrected chi connectivity index (χ3v) is 7.94. The predicted octanol–water partition coefficient (Wildman–Crippen LogP) is 5.58. The van der Waals surface area contributed by atoms with Gasteiger partial charge in [-0.2, -0.15) is 5.06 Å². The van der Waals surface area contributed by atoms with Crippen molar-refractivity contribution in [2.24, 2.45) is 0 Å². The smallest absolute Gasteiger partial charge is 0.235 e. The van der Waals surface area contributed by atoms with E-state index in [9.17, 15) is 10.0 Å². The largest absolute Gasteiger partial charge is 0.343 e. The van der Waals surface area contributed by atoms with Gasteiger partial charge in [-0.25, -0.2) is 0 Å². The molecular formula is C30H26N4O2. The number of aromatic nitrogens is 2. The van der Waals surface area contributed by atoms with Gasteiger partial charge in [-0.1, -0.05) is 30.3 Å². The van der Waals surface area contributed by atoms with Crippen LogP contribution in [0.15, 0.2) is 85.2 Å². The minimum atomic E-state index is -0.556. The summed E-state index contributed by atoms with van der Waals surface area (Å²) in [5.74, 6) is 0.0534. The predicted molar refractivity (Wildman–Crippen MR) is 141 cm³/mol. The van der Waals surface area contributed by atoms with Gasteiger partial charge < -0.3 is 15.1 Å². The van der Waals surface area contributed by atoms with Crippen molar-refractivity contribution in [1.82, 2.24) is 14.6 Å². The first-order valence-electron chi connectivity index (χ1n) is 12.4. The molecule has 1 spiro atoms. The van der Waals surface area contributed by atoms with Crippen molar-refractivity contribution in [2.45, 2.75) is 24.8 Å². The van der Waals surface area contributed by atoms with E-state index in [0.29, 0.717) is 25.9 Å². The quantitative estimate of drug-likeness (QED) is 0.358. The second-order valence-corrected chi connectivity index (χ2v) is 10.00. The Hall–Kier alpha value is -4.00. The van der Waals surface area contributed by atoms with Crippen molar-refractivity contribution in [3.05, 3.63) is 96.3 Å². The minimum Gasteiger partial charge on any atom is -0.343 e. The van der Waals surface area contributed by atoms with E-state index in [1.807, 2.05) is 18.3 Å². The molecule has 1 fully saturated rings. The molecule has 36 heavy (non-hydrogen) atoms. The summed E-state index contributed by atoms with van der Waals surface area (Å²) < 4.78 is 2.28. The van der Waals surface area contributed by atoms with Crippen molar-refractivity contribution in [2.75, 3.05) is 18.4 Å². The number of fused-ring (bicyclic) bond motifs is 4. The number of hydroxylamine groups is 2. The van der Waals surface area contributed by atoms with Crippen LogP contribution in [0.3, 0.4) is 0 Å². The van der Waals surface area contributed by atoms with Crippen LogP contribution in [0.5, 0.6) is 0 Å². The van der Waals surface area contributed by atoms with Gasteiger partial charge in [-0.05, 0) is 82.9 Å². The van der Waals surface area contributed by atoms with Crippen LogP contribution in [0.4, 0.5) is 5.69 Å². The van der Waals surface area contributed by atoms with Gasteiger partial charge in [-0.3, -0.25) is 9.78 Å². The molecule has 0 atom stereocenters. The number of hydrogen-bond acceptors (Lipinski definition) is 4. The van der Waals surface area contributed by atoms with E-state index in [1.165, 1.54) is 21.5 Å². The van der Waals surface area contributed by atoms with Gasteiger partial charge in [0.25, 0.3) is 0 Å². The Balaban J connectivity index is 1.25. The summed E-state index contributed by atoms with van der Waals surface area (Å²) in [4.78, 5) is 17.4. The molecule has 6 nitrogen and oxygen atoms in total. The Kier molecular flexibility index (Phi) is 4.74. The number of hydrogen-bond donors (Lipinski definition) is 2. The van der Waals surface area contributed by atoms with Crippen molar-refractivity contribution < 1.29 is 10.0 Å². The van der Waals surface area contributed by atoms with E-state index in [4.69, 9.17) is 0 Å². The van der Waals surface area contributed by atoms with Crippen LogP contribution < -0.4 is 5.32 Å². The van der Waals surface area contributed by atoms with E-state index >= 15 is 0 Å². The molecule has 2 aliphatic rings. The highest BCUT2D eigenvalue weighted by Gasteiger charge is 2.48. The molecule has 0 radical (unpaired) electrons. The highest BCUT2D eigenvalue weighted by molar-refractivity contribution is 6.07. The summed E-state index contributed by atoms with van der Waals surface area (Å²) in [7, 11) is 0. The average molecular weight is 475 g/mol. The number of anilines is 1. The normalized spacial score (nSPS) is 17.1. The highest BCUT2D eigenvalue weighted by atomic mass is 16.5. The van der Waals surface area contributed by atoms with E-state index in [0.717, 1.165) is 39.8 Å². The molecule has 3 aromatic carbocycles. The molecule has 2 aromatic heterocycles. The maximum absolute atomic E-state index is 13.0. The molecule has 4 heterocycles. The second kappa shape index (κ2) is 8.01. The zero-order valence-corrected chi connectivity index (χ0v) is 19.8. The minimum absolute atomic E-state index is 0.0534. The van der Waals surface area contributed by atoms with E-state index < -0.39 is 5.41 Å². The number of carbonyl (C=O) groups is 1. The maximum Gasteiger partial charge on any atom is 0.235 e. The van der Waals surface area contributed by atoms with Crippen LogP contribution >= 0.6 is 0 Å². The SMILES string of the molecule is O=C1Nc2ccc(-c3ccc4ccn(Cc5ccc6ncccc6c5)c4c3)cc2C12CCN(O)CC2. The molecule has 1 amide bonds. The van der Waals surface area contributed by atoms with Gasteiger partial charge in [0.1, 0.15) is 0 Å². The van der Waals surface area contributed by atoms with Crippen molar-refractivity contribution in [3.63, 3.8) is 0 Å². The Bertz CT molecular complexity index is 1650. The highest BCUT2D eigenvalue weighted by Crippen LogP contribution is 2.46. The van der Waals surface area contributed by atoms with Gasteiger partial charge in [0.05, 0.1) is 10.9 Å². The first kappa shape index (κ1) is 21.3. The Morgan fingerprint density at radius 2 is 1.75 bits per heavy atom. The molecule has 2 aliphatic heterocycles. The molecule has 178 valence electrons. The number of nitrogens with zero attached hydrogens (tertiary/aromatic N) is 3. The number of rotatable bonds is 3. The Morgan fingerprint density at radius 1 is 0.917 bits per heavy atom. The first-order chi connectivity index (χ1) is 17.6. The molecule has 2 N–H and O–H groups in total. The zero-order chi connectivity index (χ0) is 24.3. The average Bonchev–Trinajstić information content (AvgIpc) is 3.43. The molecule has 0 aliphatic carbocycles. The monoisotopic (exact) mass is 474 g/mol. The Morgan fingerprint density at radius 3 is 2.64 bits per heavy atom. The number of carbonyl (C=O) groups excluding carboxylic acids is 1. The fourth-order valence-electron chi connectivity index (χ4n) is 5.89. The third kappa shape index (κ3) is 3.33. The molecule has 5 aromatic rings. The summed E-state index contributed by atoms with van der Waals surface area (Å²) in [6.07, 6.45) is 5.21. The lowest BCUT2D eigenvalue weighted by Crippen LogP contribution is -2.45. The standard InChI is InChI=1S/C30H26N4O2/c35-29-30(10-14-34(36)15-11-30)25-17-22(6-8-27(25)32-29)23-5-4-21-9-13-33(28(21)18-23)19-20-3-7-26-24(16-20)2-1-12-31-26/h1-9,12-13,16-18,36H,10-11,14-15,19H2,(H,32,35). The third-order valence-electron chi connectivity index (χ3n) is 7.94. The lowest BCUT2D eigenvalue weighted by Gasteiger charge is -2.35. The first-order valence-corrected chi connectivity index (χ1v) is 12.4. The fraction of sp³-hybridized carbons (Fsp3) is 0.200. The number of nitrogens with one attached hydrogen (secondary N) is 1. The lowest BCUT2D eigenvalue weighted by molar-refractivity contribution is -0.135. The van der Waals surface area contributed by atoms with Crippen LogP contribution in [0.25, 0.3) is 32.9 Å². The number of benzene rings is 3. The summed E-state index contributed by atoms with van der Waals surface area (Å²) in [5, 5.41) is 16.6. The van der Waals surface area contributed by atoms with E-state index in [2.05, 4.69) is 81.7 Å². The summed E-state index contributed by atoms with van der Waals surface area (Å²) in [6, 6.07) is 25.5. The lowest BCUT2D eigenvalue weighted by atomic mass is 9.73. The van der Waals surface area contributed by atoms with Crippen LogP contribution in [0.1, 0.15) is 24.0 Å². The number of piperidine rings is 1. The van der Waals surface area contributed by atoms with Crippen molar-refractivity contribution in [3.8, 4) is 11.1 Å². The number of amides is 1. The maximum atomic E-state index is 13.0. The Labute approximate surface area is 208 Å². The van der Waals surface area contributed by atoms with E-state index in [-0.39, 0.29) is 5.91 Å². The van der Waals surface area contributed by atoms with Crippen LogP contribution in [-0.4, -0.2) is 38.8 Å². The molecule has 0 bridgehead atoms. The zero-order valence-electron chi connectivity index (χ0n) is 19.8. The molecule has 0 saturated carbocycles. The van der Waals surface area contributed by atoms with Crippen LogP contribution in [-0.2, 0) is 16.8 Å². The van der Waals surface area contributed by atoms with E-state index in [1.54, 1.807) is 0 Å². The topological polar surface area (TPSA) is 70.4 Å². The van der Waals surface area contributed by atoms with Crippen molar-refractivity contribution >= 4 is 33.4 Å². The summed E-state index contributed by atoms with van der Waals surface area (Å²) in [5.41, 5.74) is 7.04. The molecule has 1 saturated heterocycles. The van der Waals surface area contributed by atoms with Crippen LogP contribution in [0, 0.1) is 0 Å². The summed E-state index contributed by atoms with van der Waals surface area (Å²) >= 11 is 0. The summed E-state index contributed by atoms with van der Waals surface area (Å²) in [6.45, 7) is 1.78. The van der Waals surface area contributed by atoms with Crippen LogP contribution in [0.2, 0.25) is 0 Å². The molecule has 6 heteroatoms. The molecular weight excluding hydrogens is 448 g/mol.